The van der Waals surface area contributed by atoms with Gasteiger partial charge >= 0.3 is 5.97 Å². The minimum absolute atomic E-state index is 0.0255. The van der Waals surface area contributed by atoms with Gasteiger partial charge in [-0.1, -0.05) is 18.2 Å². The fourth-order valence-corrected chi connectivity index (χ4v) is 1.61. The number of hydrogen-bond acceptors (Lipinski definition) is 3. The van der Waals surface area contributed by atoms with Crippen molar-refractivity contribution in [2.75, 3.05) is 0 Å². The molecule has 2 amide bonds. The summed E-state index contributed by atoms with van der Waals surface area (Å²) in [6, 6.07) is 5.72. The van der Waals surface area contributed by atoms with Crippen LogP contribution in [0.25, 0.3) is 0 Å². The predicted octanol–water partition coefficient (Wildman–Crippen LogP) is 0.444. The monoisotopic (exact) mass is 264 g/mol. The fraction of sp³-hybridized carbons (Fsp3) is 0.308. The number of carboxylic acid groups (broad SMARTS) is 1. The van der Waals surface area contributed by atoms with Gasteiger partial charge in [0, 0.05) is 12.0 Å². The van der Waals surface area contributed by atoms with Crippen molar-refractivity contribution < 1.29 is 19.5 Å². The Bertz CT molecular complexity index is 499. The summed E-state index contributed by atoms with van der Waals surface area (Å²) in [5.41, 5.74) is 6.12. The number of aryl methyl sites for hydroxylation is 1. The molecule has 0 aliphatic carbocycles. The van der Waals surface area contributed by atoms with E-state index in [1.165, 1.54) is 0 Å². The first-order chi connectivity index (χ1) is 8.91. The minimum Gasteiger partial charge on any atom is -0.480 e. The van der Waals surface area contributed by atoms with E-state index in [0.717, 1.165) is 5.56 Å². The Morgan fingerprint density at radius 2 is 1.95 bits per heavy atom. The van der Waals surface area contributed by atoms with Crippen LogP contribution >= 0.6 is 0 Å². The van der Waals surface area contributed by atoms with Crippen molar-refractivity contribution in [1.82, 2.24) is 5.32 Å². The van der Waals surface area contributed by atoms with Gasteiger partial charge in [-0.15, -0.1) is 0 Å². The summed E-state index contributed by atoms with van der Waals surface area (Å²) >= 11 is 0. The molecular weight excluding hydrogens is 248 g/mol. The van der Waals surface area contributed by atoms with Crippen molar-refractivity contribution in [3.05, 3.63) is 35.4 Å². The largest absolute Gasteiger partial charge is 0.480 e. The Balaban J connectivity index is 2.74. The van der Waals surface area contributed by atoms with Crippen LogP contribution in [0.4, 0.5) is 0 Å². The van der Waals surface area contributed by atoms with E-state index in [1.807, 2.05) is 0 Å². The number of primary amides is 1. The van der Waals surface area contributed by atoms with E-state index in [2.05, 4.69) is 5.32 Å². The third kappa shape index (κ3) is 4.42. The van der Waals surface area contributed by atoms with Gasteiger partial charge in [0.1, 0.15) is 6.04 Å². The van der Waals surface area contributed by atoms with Gasteiger partial charge in [-0.25, -0.2) is 4.79 Å². The maximum absolute atomic E-state index is 11.9. The number of rotatable bonds is 6. The first-order valence-corrected chi connectivity index (χ1v) is 5.79. The van der Waals surface area contributed by atoms with Gasteiger partial charge in [0.05, 0.1) is 0 Å². The predicted molar refractivity (Wildman–Crippen MR) is 68.5 cm³/mol. The van der Waals surface area contributed by atoms with E-state index < -0.39 is 23.8 Å². The number of amides is 2. The molecule has 0 aliphatic rings. The smallest absolute Gasteiger partial charge is 0.326 e. The van der Waals surface area contributed by atoms with Gasteiger partial charge in [-0.05, 0) is 25.0 Å². The van der Waals surface area contributed by atoms with Gasteiger partial charge in [0.25, 0.3) is 5.91 Å². The Morgan fingerprint density at radius 1 is 1.32 bits per heavy atom. The highest BCUT2D eigenvalue weighted by atomic mass is 16.4. The molecule has 0 heterocycles. The average Bonchev–Trinajstić information content (AvgIpc) is 2.34. The zero-order chi connectivity index (χ0) is 14.4. The zero-order valence-electron chi connectivity index (χ0n) is 10.6. The maximum atomic E-state index is 11.9. The minimum atomic E-state index is -1.19. The lowest BCUT2D eigenvalue weighted by molar-refractivity contribution is -0.139. The van der Waals surface area contributed by atoms with Crippen LogP contribution in [0.1, 0.15) is 28.8 Å². The number of hydrogen-bond donors (Lipinski definition) is 3. The number of carbonyl (C=O) groups excluding carboxylic acids is 2. The number of nitrogens with two attached hydrogens (primary N) is 1. The third-order valence-corrected chi connectivity index (χ3v) is 2.67. The molecule has 19 heavy (non-hydrogen) atoms. The summed E-state index contributed by atoms with van der Waals surface area (Å²) in [6.45, 7) is 1.76. The summed E-state index contributed by atoms with van der Waals surface area (Å²) in [6.07, 6.45) is -0.118. The molecule has 0 saturated heterocycles. The topological polar surface area (TPSA) is 109 Å². The quantitative estimate of drug-likeness (QED) is 0.692. The van der Waals surface area contributed by atoms with Gasteiger partial charge in [0.2, 0.25) is 5.91 Å². The molecule has 0 spiro atoms. The van der Waals surface area contributed by atoms with Crippen LogP contribution in [0.3, 0.4) is 0 Å². The summed E-state index contributed by atoms with van der Waals surface area (Å²) in [7, 11) is 0. The van der Waals surface area contributed by atoms with Crippen LogP contribution in [0.5, 0.6) is 0 Å². The molecule has 0 aliphatic heterocycles. The molecule has 0 fully saturated rings. The number of aliphatic carboxylic acids is 1. The molecule has 1 atom stereocenters. The zero-order valence-corrected chi connectivity index (χ0v) is 10.6. The Morgan fingerprint density at radius 3 is 2.47 bits per heavy atom. The second-order valence-corrected chi connectivity index (χ2v) is 4.18. The van der Waals surface area contributed by atoms with Crippen LogP contribution in [0.2, 0.25) is 0 Å². The van der Waals surface area contributed by atoms with Crippen LogP contribution in [0, 0.1) is 6.92 Å². The van der Waals surface area contributed by atoms with Gasteiger partial charge in [-0.3, -0.25) is 9.59 Å². The van der Waals surface area contributed by atoms with Crippen molar-refractivity contribution in [3.8, 4) is 0 Å². The highest BCUT2D eigenvalue weighted by Crippen LogP contribution is 2.08. The second-order valence-electron chi connectivity index (χ2n) is 4.18. The van der Waals surface area contributed by atoms with Crippen molar-refractivity contribution in [2.45, 2.75) is 25.8 Å². The van der Waals surface area contributed by atoms with E-state index in [1.54, 1.807) is 31.2 Å². The molecule has 0 aromatic heterocycles. The van der Waals surface area contributed by atoms with Crippen molar-refractivity contribution >= 4 is 17.8 Å². The van der Waals surface area contributed by atoms with E-state index >= 15 is 0 Å². The molecule has 1 aromatic rings. The molecule has 1 rings (SSSR count). The highest BCUT2D eigenvalue weighted by molar-refractivity contribution is 5.97. The number of benzene rings is 1. The van der Waals surface area contributed by atoms with Crippen molar-refractivity contribution in [1.29, 1.82) is 0 Å². The Kier molecular flexibility index (Phi) is 5.05. The molecule has 1 aromatic carbocycles. The summed E-state index contributed by atoms with van der Waals surface area (Å²) in [5, 5.41) is 11.4. The fourth-order valence-electron chi connectivity index (χ4n) is 1.61. The normalized spacial score (nSPS) is 11.6. The van der Waals surface area contributed by atoms with E-state index in [-0.39, 0.29) is 12.8 Å². The van der Waals surface area contributed by atoms with Crippen molar-refractivity contribution in [3.63, 3.8) is 0 Å². The number of carbonyl (C=O) groups is 3. The van der Waals surface area contributed by atoms with E-state index in [4.69, 9.17) is 10.8 Å². The molecule has 0 radical (unpaired) electrons. The summed E-state index contributed by atoms with van der Waals surface area (Å²) in [4.78, 5) is 33.6. The van der Waals surface area contributed by atoms with Gasteiger partial charge < -0.3 is 16.2 Å². The molecule has 6 nitrogen and oxygen atoms in total. The molecule has 0 saturated carbocycles. The molecule has 0 unspecified atom stereocenters. The molecular formula is C13H16N2O4. The first kappa shape index (κ1) is 14.7. The first-order valence-electron chi connectivity index (χ1n) is 5.79. The molecule has 102 valence electrons. The summed E-state index contributed by atoms with van der Waals surface area (Å²) < 4.78 is 0. The van der Waals surface area contributed by atoms with Crippen LogP contribution in [-0.4, -0.2) is 28.9 Å². The van der Waals surface area contributed by atoms with E-state index in [0.29, 0.717) is 5.56 Å². The number of nitrogens with one attached hydrogen (secondary N) is 1. The lowest BCUT2D eigenvalue weighted by Gasteiger charge is -2.14. The van der Waals surface area contributed by atoms with Crippen molar-refractivity contribution in [2.24, 2.45) is 5.73 Å². The van der Waals surface area contributed by atoms with Gasteiger partial charge in [0.15, 0.2) is 0 Å². The maximum Gasteiger partial charge on any atom is 0.326 e. The number of carboxylic acids is 1. The SMILES string of the molecule is Cc1ccccc1C(=O)N[C@@H](CCC(N)=O)C(=O)O. The second kappa shape index (κ2) is 6.53. The molecule has 4 N–H and O–H groups in total. The Hall–Kier alpha value is -2.37. The lowest BCUT2D eigenvalue weighted by atomic mass is 10.1. The third-order valence-electron chi connectivity index (χ3n) is 2.67. The highest BCUT2D eigenvalue weighted by Gasteiger charge is 2.21. The molecule has 0 bridgehead atoms. The summed E-state index contributed by atoms with van der Waals surface area (Å²) in [5.74, 6) is -2.27. The Labute approximate surface area is 110 Å². The average molecular weight is 264 g/mol. The molecule has 6 heteroatoms. The van der Waals surface area contributed by atoms with Crippen LogP contribution in [-0.2, 0) is 9.59 Å². The van der Waals surface area contributed by atoms with Crippen LogP contribution in [0.15, 0.2) is 24.3 Å². The van der Waals surface area contributed by atoms with E-state index in [9.17, 15) is 14.4 Å². The standard InChI is InChI=1S/C13H16N2O4/c1-8-4-2-3-5-9(8)12(17)15-10(13(18)19)6-7-11(14)16/h2-5,10H,6-7H2,1H3,(H2,14,16)(H,15,17)(H,18,19)/t10-/m0/s1. The van der Waals surface area contributed by atoms with Gasteiger partial charge in [-0.2, -0.15) is 0 Å². The lowest BCUT2D eigenvalue weighted by Crippen LogP contribution is -2.41. The van der Waals surface area contributed by atoms with Crippen LogP contribution < -0.4 is 11.1 Å².